The fraction of sp³-hybridized carbons (Fsp3) is 0.818. The first-order valence-electron chi connectivity index (χ1n) is 5.70. The molecule has 0 radical (unpaired) electrons. The summed E-state index contributed by atoms with van der Waals surface area (Å²) >= 11 is 1.08. The molecule has 0 bridgehead atoms. The van der Waals surface area contributed by atoms with Crippen LogP contribution in [0.2, 0.25) is 0 Å². The molecule has 0 spiro atoms. The van der Waals surface area contributed by atoms with Crippen LogP contribution in [0.4, 0.5) is 0 Å². The van der Waals surface area contributed by atoms with Gasteiger partial charge in [-0.25, -0.2) is 0 Å². The third kappa shape index (κ3) is 4.83. The Bertz CT molecular complexity index is 321. The molecule has 1 aliphatic heterocycles. The zero-order chi connectivity index (χ0) is 13.8. The topological polar surface area (TPSA) is 87.1 Å². The minimum absolute atomic E-state index is 0.0805. The van der Waals surface area contributed by atoms with E-state index in [4.69, 9.17) is 14.9 Å². The van der Waals surface area contributed by atoms with Gasteiger partial charge in [-0.3, -0.25) is 9.59 Å². The highest BCUT2D eigenvalue weighted by atomic mass is 32.2. The standard InChI is InChI=1S/C11H19NO5S/c1-11(2)7-12(3-8(4-13)17-11)9(14)5-18-6-10(15)16/h8,13H,3-7H2,1-2H3,(H,15,16). The van der Waals surface area contributed by atoms with E-state index < -0.39 is 11.6 Å². The molecule has 1 amide bonds. The second-order valence-corrected chi connectivity index (χ2v) is 5.83. The zero-order valence-electron chi connectivity index (χ0n) is 10.6. The molecular weight excluding hydrogens is 258 g/mol. The Balaban J connectivity index is 2.48. The van der Waals surface area contributed by atoms with Crippen LogP contribution in [-0.2, 0) is 14.3 Å². The van der Waals surface area contributed by atoms with E-state index in [0.717, 1.165) is 11.8 Å². The number of carboxylic acids is 1. The van der Waals surface area contributed by atoms with E-state index in [1.165, 1.54) is 0 Å². The number of aliphatic hydroxyl groups is 1. The van der Waals surface area contributed by atoms with Gasteiger partial charge in [-0.1, -0.05) is 0 Å². The second kappa shape index (κ2) is 6.40. The lowest BCUT2D eigenvalue weighted by Gasteiger charge is -2.42. The number of carboxylic acid groups (broad SMARTS) is 1. The van der Waals surface area contributed by atoms with Crippen LogP contribution < -0.4 is 0 Å². The van der Waals surface area contributed by atoms with Crippen LogP contribution in [0.25, 0.3) is 0 Å². The summed E-state index contributed by atoms with van der Waals surface area (Å²) in [5.41, 5.74) is -0.487. The third-order valence-electron chi connectivity index (χ3n) is 2.49. The van der Waals surface area contributed by atoms with Crippen LogP contribution >= 0.6 is 11.8 Å². The highest BCUT2D eigenvalue weighted by Gasteiger charge is 2.35. The Kier molecular flexibility index (Phi) is 5.43. The number of rotatable bonds is 5. The quantitative estimate of drug-likeness (QED) is 0.724. The van der Waals surface area contributed by atoms with Gasteiger partial charge in [0.05, 0.1) is 29.8 Å². The molecule has 0 aromatic carbocycles. The average molecular weight is 277 g/mol. The molecule has 6 nitrogen and oxygen atoms in total. The van der Waals surface area contributed by atoms with Crippen molar-refractivity contribution in [3.63, 3.8) is 0 Å². The Morgan fingerprint density at radius 3 is 2.67 bits per heavy atom. The van der Waals surface area contributed by atoms with E-state index in [9.17, 15) is 9.59 Å². The summed E-state index contributed by atoms with van der Waals surface area (Å²) in [6, 6.07) is 0. The summed E-state index contributed by atoms with van der Waals surface area (Å²) in [5.74, 6) is -0.983. The molecule has 1 atom stereocenters. The maximum absolute atomic E-state index is 11.9. The molecule has 1 saturated heterocycles. The van der Waals surface area contributed by atoms with Crippen LogP contribution in [0, 0.1) is 0 Å². The summed E-state index contributed by atoms with van der Waals surface area (Å²) in [5, 5.41) is 17.6. The minimum Gasteiger partial charge on any atom is -0.481 e. The van der Waals surface area contributed by atoms with Crippen LogP contribution in [-0.4, -0.2) is 69.9 Å². The number of hydrogen-bond acceptors (Lipinski definition) is 5. The number of thioether (sulfide) groups is 1. The molecule has 1 rings (SSSR count). The molecule has 1 aliphatic rings. The number of aliphatic hydroxyl groups excluding tert-OH is 1. The van der Waals surface area contributed by atoms with Crippen molar-refractivity contribution in [2.75, 3.05) is 31.2 Å². The van der Waals surface area contributed by atoms with Gasteiger partial charge in [0.2, 0.25) is 5.91 Å². The number of carbonyl (C=O) groups excluding carboxylic acids is 1. The van der Waals surface area contributed by atoms with Crippen LogP contribution in [0.1, 0.15) is 13.8 Å². The molecule has 1 heterocycles. The smallest absolute Gasteiger partial charge is 0.313 e. The van der Waals surface area contributed by atoms with Gasteiger partial charge in [-0.2, -0.15) is 0 Å². The molecule has 1 fully saturated rings. The van der Waals surface area contributed by atoms with Gasteiger partial charge >= 0.3 is 5.97 Å². The van der Waals surface area contributed by atoms with E-state index in [0.29, 0.717) is 13.1 Å². The predicted molar refractivity (Wildman–Crippen MR) is 67.6 cm³/mol. The van der Waals surface area contributed by atoms with Crippen LogP contribution in [0.5, 0.6) is 0 Å². The summed E-state index contributed by atoms with van der Waals surface area (Å²) in [4.78, 5) is 23.9. The Morgan fingerprint density at radius 2 is 2.11 bits per heavy atom. The van der Waals surface area contributed by atoms with E-state index >= 15 is 0 Å². The largest absolute Gasteiger partial charge is 0.481 e. The highest BCUT2D eigenvalue weighted by Crippen LogP contribution is 2.21. The van der Waals surface area contributed by atoms with Crippen molar-refractivity contribution in [2.24, 2.45) is 0 Å². The molecular formula is C11H19NO5S. The number of hydrogen-bond donors (Lipinski definition) is 2. The maximum Gasteiger partial charge on any atom is 0.313 e. The van der Waals surface area contributed by atoms with Crippen molar-refractivity contribution in [1.82, 2.24) is 4.90 Å². The third-order valence-corrected chi connectivity index (χ3v) is 3.39. The van der Waals surface area contributed by atoms with Gasteiger partial charge in [0.1, 0.15) is 0 Å². The number of amides is 1. The molecule has 104 valence electrons. The predicted octanol–water partition coefficient (Wildman–Crippen LogP) is -0.197. The van der Waals surface area contributed by atoms with Gasteiger partial charge in [0.25, 0.3) is 0 Å². The summed E-state index contributed by atoms with van der Waals surface area (Å²) in [7, 11) is 0. The molecule has 18 heavy (non-hydrogen) atoms. The van der Waals surface area contributed by atoms with Gasteiger partial charge < -0.3 is 19.8 Å². The van der Waals surface area contributed by atoms with Gasteiger partial charge in [-0.15, -0.1) is 11.8 Å². The van der Waals surface area contributed by atoms with Crippen molar-refractivity contribution in [3.05, 3.63) is 0 Å². The van der Waals surface area contributed by atoms with E-state index in [-0.39, 0.29) is 30.1 Å². The minimum atomic E-state index is -0.927. The maximum atomic E-state index is 11.9. The highest BCUT2D eigenvalue weighted by molar-refractivity contribution is 8.00. The normalized spacial score (nSPS) is 22.8. The van der Waals surface area contributed by atoms with E-state index in [2.05, 4.69) is 0 Å². The number of ether oxygens (including phenoxy) is 1. The lowest BCUT2D eigenvalue weighted by molar-refractivity contribution is -0.165. The van der Waals surface area contributed by atoms with Crippen molar-refractivity contribution in [3.8, 4) is 0 Å². The number of aliphatic carboxylic acids is 1. The molecule has 0 aliphatic carbocycles. The Hall–Kier alpha value is -0.790. The number of morpholine rings is 1. The van der Waals surface area contributed by atoms with Crippen molar-refractivity contribution in [2.45, 2.75) is 25.6 Å². The fourth-order valence-corrected chi connectivity index (χ4v) is 2.53. The fourth-order valence-electron chi connectivity index (χ4n) is 1.90. The Morgan fingerprint density at radius 1 is 1.44 bits per heavy atom. The van der Waals surface area contributed by atoms with Gasteiger partial charge in [0, 0.05) is 13.1 Å². The molecule has 1 unspecified atom stereocenters. The first-order chi connectivity index (χ1) is 8.34. The van der Waals surface area contributed by atoms with E-state index in [1.54, 1.807) is 4.90 Å². The molecule has 2 N–H and O–H groups in total. The molecule has 7 heteroatoms. The zero-order valence-corrected chi connectivity index (χ0v) is 11.4. The van der Waals surface area contributed by atoms with Gasteiger partial charge in [0.15, 0.2) is 0 Å². The lowest BCUT2D eigenvalue weighted by Crippen LogP contribution is -2.56. The molecule has 0 aromatic rings. The Labute approximate surface area is 110 Å². The van der Waals surface area contributed by atoms with Crippen LogP contribution in [0.15, 0.2) is 0 Å². The average Bonchev–Trinajstić information content (AvgIpc) is 2.26. The van der Waals surface area contributed by atoms with Crippen molar-refractivity contribution in [1.29, 1.82) is 0 Å². The first-order valence-corrected chi connectivity index (χ1v) is 6.85. The summed E-state index contributed by atoms with van der Waals surface area (Å²) in [6.45, 7) is 4.40. The number of carbonyl (C=O) groups is 2. The van der Waals surface area contributed by atoms with Crippen LogP contribution in [0.3, 0.4) is 0 Å². The summed E-state index contributed by atoms with van der Waals surface area (Å²) in [6.07, 6.45) is -0.373. The summed E-state index contributed by atoms with van der Waals surface area (Å²) < 4.78 is 5.60. The molecule has 0 saturated carbocycles. The lowest BCUT2D eigenvalue weighted by atomic mass is 10.1. The van der Waals surface area contributed by atoms with E-state index in [1.807, 2.05) is 13.8 Å². The number of nitrogens with zero attached hydrogens (tertiary/aromatic N) is 1. The first kappa shape index (κ1) is 15.3. The van der Waals surface area contributed by atoms with Gasteiger partial charge in [-0.05, 0) is 13.8 Å². The van der Waals surface area contributed by atoms with Crippen molar-refractivity contribution < 1.29 is 24.5 Å². The molecule has 0 aromatic heterocycles. The SMILES string of the molecule is CC1(C)CN(C(=O)CSCC(=O)O)CC(CO)O1. The van der Waals surface area contributed by atoms with Crippen molar-refractivity contribution >= 4 is 23.6 Å². The second-order valence-electron chi connectivity index (χ2n) is 4.84. The monoisotopic (exact) mass is 277 g/mol.